The molecule has 32 heavy (non-hydrogen) atoms. The molecule has 0 bridgehead atoms. The molecule has 2 heterocycles. The lowest BCUT2D eigenvalue weighted by atomic mass is 10.00. The summed E-state index contributed by atoms with van der Waals surface area (Å²) >= 11 is 0. The first-order valence-corrected chi connectivity index (χ1v) is 11.6. The minimum absolute atomic E-state index is 0.135. The van der Waals surface area contributed by atoms with E-state index in [1.165, 1.54) is 12.1 Å². The van der Waals surface area contributed by atoms with Crippen molar-refractivity contribution in [3.63, 3.8) is 0 Å². The van der Waals surface area contributed by atoms with Gasteiger partial charge in [0.15, 0.2) is 0 Å². The van der Waals surface area contributed by atoms with Crippen LogP contribution in [0.2, 0.25) is 0 Å². The highest BCUT2D eigenvalue weighted by Crippen LogP contribution is 2.33. The van der Waals surface area contributed by atoms with Crippen LogP contribution >= 0.6 is 0 Å². The lowest BCUT2D eigenvalue weighted by Gasteiger charge is -2.32. The van der Waals surface area contributed by atoms with E-state index in [4.69, 9.17) is 19.4 Å². The van der Waals surface area contributed by atoms with Crippen LogP contribution in [0.3, 0.4) is 0 Å². The molecule has 0 aromatic heterocycles. The van der Waals surface area contributed by atoms with Gasteiger partial charge in [0.1, 0.15) is 11.4 Å². The van der Waals surface area contributed by atoms with Crippen molar-refractivity contribution in [1.29, 1.82) is 0 Å². The number of nitrogens with one attached hydrogen (secondary N) is 1. The first-order chi connectivity index (χ1) is 14.8. The molecule has 1 aromatic rings. The molecule has 2 N–H and O–H groups in total. The molecule has 0 radical (unpaired) electrons. The van der Waals surface area contributed by atoms with Crippen molar-refractivity contribution in [2.24, 2.45) is 0 Å². The summed E-state index contributed by atoms with van der Waals surface area (Å²) in [7, 11) is -3.22. The quantitative estimate of drug-likeness (QED) is 0.611. The summed E-state index contributed by atoms with van der Waals surface area (Å²) in [5.74, 6) is -2.99. The zero-order valence-electron chi connectivity index (χ0n) is 17.4. The summed E-state index contributed by atoms with van der Waals surface area (Å²) in [6.07, 6.45) is -2.43. The average molecular weight is 486 g/mol. The number of rotatable bonds is 5. The second-order valence-corrected chi connectivity index (χ2v) is 9.61. The first kappa shape index (κ1) is 26.5. The molecule has 2 atom stereocenters. The summed E-state index contributed by atoms with van der Waals surface area (Å²) in [6, 6.07) is 6.53. The monoisotopic (exact) mass is 486 g/mol. The van der Waals surface area contributed by atoms with Crippen molar-refractivity contribution < 1.29 is 45.4 Å². The summed E-state index contributed by atoms with van der Waals surface area (Å²) < 4.78 is 81.8. The standard InChI is InChI=1S/C17H25FN2O4S.C2HF3O2/c1-25(21,22)19-10-16-6-7-17(24-16)12-20(8-9-23-13-17)11-14-2-4-15(18)5-3-14;3-2(4,5)1(6)7/h2-5,16,19H,6-13H2,1H3;(H,6,7)/t16-,17-;/m1./s1. The highest BCUT2D eigenvalue weighted by atomic mass is 32.2. The largest absolute Gasteiger partial charge is 0.490 e. The molecule has 2 aliphatic rings. The van der Waals surface area contributed by atoms with Gasteiger partial charge in [-0.1, -0.05) is 12.1 Å². The van der Waals surface area contributed by atoms with Crippen LogP contribution in [0.4, 0.5) is 17.6 Å². The van der Waals surface area contributed by atoms with Gasteiger partial charge in [-0.2, -0.15) is 13.2 Å². The normalized spacial score (nSPS) is 24.6. The van der Waals surface area contributed by atoms with E-state index >= 15 is 0 Å². The van der Waals surface area contributed by atoms with Gasteiger partial charge in [0.25, 0.3) is 0 Å². The fourth-order valence-electron chi connectivity index (χ4n) is 3.47. The number of carboxylic acids is 1. The number of ether oxygens (including phenoxy) is 2. The highest BCUT2D eigenvalue weighted by molar-refractivity contribution is 7.88. The van der Waals surface area contributed by atoms with Crippen molar-refractivity contribution in [2.45, 2.75) is 37.3 Å². The Labute approximate surface area is 183 Å². The number of hydrogen-bond donors (Lipinski definition) is 2. The minimum atomic E-state index is -5.08. The number of halogens is 4. The number of nitrogens with zero attached hydrogens (tertiary/aromatic N) is 1. The van der Waals surface area contributed by atoms with E-state index in [0.29, 0.717) is 26.3 Å². The Bertz CT molecular complexity index is 866. The number of sulfonamides is 1. The Hall–Kier alpha value is -1.80. The fourth-order valence-corrected chi connectivity index (χ4v) is 3.96. The summed E-state index contributed by atoms with van der Waals surface area (Å²) in [5, 5.41) is 7.12. The predicted octanol–water partition coefficient (Wildman–Crippen LogP) is 1.76. The maximum Gasteiger partial charge on any atom is 0.490 e. The van der Waals surface area contributed by atoms with Crippen molar-refractivity contribution in [3.05, 3.63) is 35.6 Å². The molecule has 13 heteroatoms. The SMILES string of the molecule is CS(=O)(=O)NC[C@H]1CC[C@@]2(COCCN(Cc3ccc(F)cc3)C2)O1.O=C(O)C(F)(F)F. The third kappa shape index (κ3) is 8.98. The van der Waals surface area contributed by atoms with Gasteiger partial charge in [-0.05, 0) is 30.5 Å². The third-order valence-corrected chi connectivity index (χ3v) is 5.59. The molecule has 0 saturated carbocycles. The number of alkyl halides is 3. The van der Waals surface area contributed by atoms with E-state index in [1.807, 2.05) is 0 Å². The lowest BCUT2D eigenvalue weighted by Crippen LogP contribution is -2.45. The molecule has 3 rings (SSSR count). The molecule has 1 spiro atoms. The summed E-state index contributed by atoms with van der Waals surface area (Å²) in [4.78, 5) is 11.2. The van der Waals surface area contributed by atoms with E-state index in [1.54, 1.807) is 12.1 Å². The van der Waals surface area contributed by atoms with Crippen LogP contribution in [0.15, 0.2) is 24.3 Å². The van der Waals surface area contributed by atoms with Gasteiger partial charge in [0, 0.05) is 26.2 Å². The van der Waals surface area contributed by atoms with Crippen LogP contribution < -0.4 is 4.72 Å². The first-order valence-electron chi connectivity index (χ1n) is 9.75. The second-order valence-electron chi connectivity index (χ2n) is 7.77. The number of benzene rings is 1. The number of carboxylic acid groups (broad SMARTS) is 1. The van der Waals surface area contributed by atoms with E-state index in [-0.39, 0.29) is 11.9 Å². The highest BCUT2D eigenvalue weighted by Gasteiger charge is 2.43. The van der Waals surface area contributed by atoms with Crippen molar-refractivity contribution in [2.75, 3.05) is 39.1 Å². The average Bonchev–Trinajstić information content (AvgIpc) is 2.96. The Morgan fingerprint density at radius 3 is 2.50 bits per heavy atom. The van der Waals surface area contributed by atoms with Crippen LogP contribution in [0.25, 0.3) is 0 Å². The molecule has 0 amide bonds. The van der Waals surface area contributed by atoms with Crippen LogP contribution in [-0.4, -0.2) is 81.4 Å². The number of hydrogen-bond acceptors (Lipinski definition) is 6. The van der Waals surface area contributed by atoms with Crippen molar-refractivity contribution >= 4 is 16.0 Å². The molecule has 2 fully saturated rings. The van der Waals surface area contributed by atoms with Gasteiger partial charge < -0.3 is 14.6 Å². The zero-order chi connectivity index (χ0) is 24.0. The Kier molecular flexibility index (Phi) is 8.99. The molecule has 2 saturated heterocycles. The van der Waals surface area contributed by atoms with E-state index < -0.39 is 27.8 Å². The van der Waals surface area contributed by atoms with E-state index in [9.17, 15) is 26.0 Å². The van der Waals surface area contributed by atoms with Crippen LogP contribution in [0.5, 0.6) is 0 Å². The van der Waals surface area contributed by atoms with Gasteiger partial charge in [0.2, 0.25) is 10.0 Å². The van der Waals surface area contributed by atoms with Crippen LogP contribution in [0.1, 0.15) is 18.4 Å². The zero-order valence-corrected chi connectivity index (χ0v) is 18.2. The smallest absolute Gasteiger partial charge is 0.475 e. The van der Waals surface area contributed by atoms with Crippen molar-refractivity contribution in [3.8, 4) is 0 Å². The Balaban J connectivity index is 0.000000451. The number of carbonyl (C=O) groups is 1. The Morgan fingerprint density at radius 2 is 1.94 bits per heavy atom. The molecular formula is C19H26F4N2O6S. The summed E-state index contributed by atoms with van der Waals surface area (Å²) in [6.45, 7) is 3.65. The van der Waals surface area contributed by atoms with Gasteiger partial charge in [0.05, 0.1) is 25.6 Å². The van der Waals surface area contributed by atoms with E-state index in [0.717, 1.165) is 37.8 Å². The van der Waals surface area contributed by atoms with Crippen LogP contribution in [-0.2, 0) is 30.8 Å². The van der Waals surface area contributed by atoms with Gasteiger partial charge in [-0.3, -0.25) is 4.90 Å². The molecular weight excluding hydrogens is 460 g/mol. The third-order valence-electron chi connectivity index (χ3n) is 4.90. The summed E-state index contributed by atoms with van der Waals surface area (Å²) in [5.41, 5.74) is 0.646. The van der Waals surface area contributed by atoms with Crippen LogP contribution in [0, 0.1) is 5.82 Å². The Morgan fingerprint density at radius 1 is 1.31 bits per heavy atom. The van der Waals surface area contributed by atoms with Gasteiger partial charge in [-0.15, -0.1) is 0 Å². The number of aliphatic carboxylic acids is 1. The molecule has 0 unspecified atom stereocenters. The van der Waals surface area contributed by atoms with Gasteiger partial charge >= 0.3 is 12.1 Å². The van der Waals surface area contributed by atoms with Gasteiger partial charge in [-0.25, -0.2) is 22.3 Å². The minimum Gasteiger partial charge on any atom is -0.475 e. The molecule has 2 aliphatic heterocycles. The molecule has 0 aliphatic carbocycles. The topological polar surface area (TPSA) is 105 Å². The molecule has 8 nitrogen and oxygen atoms in total. The predicted molar refractivity (Wildman–Crippen MR) is 106 cm³/mol. The van der Waals surface area contributed by atoms with E-state index in [2.05, 4.69) is 9.62 Å². The maximum absolute atomic E-state index is 13.1. The lowest BCUT2D eigenvalue weighted by molar-refractivity contribution is -0.192. The second kappa shape index (κ2) is 10.9. The molecule has 182 valence electrons. The van der Waals surface area contributed by atoms with Crippen molar-refractivity contribution in [1.82, 2.24) is 9.62 Å². The maximum atomic E-state index is 13.1. The fraction of sp³-hybridized carbons (Fsp3) is 0.632. The molecule has 1 aromatic carbocycles.